The molecule has 0 unspecified atom stereocenters. The molecule has 27 heavy (non-hydrogen) atoms. The molecule has 0 aliphatic heterocycles. The molecular formula is C21H18N2O4. The van der Waals surface area contributed by atoms with Crippen molar-refractivity contribution in [1.29, 1.82) is 5.26 Å². The highest BCUT2D eigenvalue weighted by Crippen LogP contribution is 2.35. The molecule has 0 saturated carbocycles. The lowest BCUT2D eigenvalue weighted by molar-refractivity contribution is 0.395. The van der Waals surface area contributed by atoms with Gasteiger partial charge in [0, 0.05) is 22.9 Å². The first-order chi connectivity index (χ1) is 13.1. The zero-order chi connectivity index (χ0) is 19.4. The zero-order valence-corrected chi connectivity index (χ0v) is 15.2. The van der Waals surface area contributed by atoms with Crippen LogP contribution in [0.15, 0.2) is 53.3 Å². The molecule has 6 heteroatoms. The van der Waals surface area contributed by atoms with Gasteiger partial charge in [-0.25, -0.2) is 0 Å². The van der Waals surface area contributed by atoms with Crippen molar-refractivity contribution in [1.82, 2.24) is 4.98 Å². The SMILES string of the molecule is COc1ccc(-c2cc(-c3ccc(OC)cc3OC)c(C#N)c(=O)[nH]2)cc1. The van der Waals surface area contributed by atoms with E-state index in [4.69, 9.17) is 14.2 Å². The largest absolute Gasteiger partial charge is 0.497 e. The lowest BCUT2D eigenvalue weighted by atomic mass is 9.98. The fraction of sp³-hybridized carbons (Fsp3) is 0.143. The van der Waals surface area contributed by atoms with Crippen LogP contribution < -0.4 is 19.8 Å². The predicted molar refractivity (Wildman–Crippen MR) is 102 cm³/mol. The maximum Gasteiger partial charge on any atom is 0.266 e. The highest BCUT2D eigenvalue weighted by molar-refractivity contribution is 5.79. The van der Waals surface area contributed by atoms with E-state index in [1.807, 2.05) is 18.2 Å². The first kappa shape index (κ1) is 18.1. The van der Waals surface area contributed by atoms with Gasteiger partial charge in [0.05, 0.1) is 21.3 Å². The standard InChI is InChI=1S/C21H18N2O4/c1-25-14-6-4-13(5-7-14)19-11-17(18(12-22)21(24)23-19)16-9-8-15(26-2)10-20(16)27-3/h4-11H,1-3H3,(H,23,24). The zero-order valence-electron chi connectivity index (χ0n) is 15.2. The topological polar surface area (TPSA) is 84.3 Å². The minimum Gasteiger partial charge on any atom is -0.497 e. The molecule has 2 aromatic carbocycles. The first-order valence-electron chi connectivity index (χ1n) is 8.15. The monoisotopic (exact) mass is 362 g/mol. The Hall–Kier alpha value is -3.72. The van der Waals surface area contributed by atoms with Gasteiger partial charge in [0.15, 0.2) is 0 Å². The van der Waals surface area contributed by atoms with Crippen molar-refractivity contribution in [2.24, 2.45) is 0 Å². The van der Waals surface area contributed by atoms with Gasteiger partial charge in [0.2, 0.25) is 0 Å². The van der Waals surface area contributed by atoms with Crippen LogP contribution in [0.2, 0.25) is 0 Å². The maximum atomic E-state index is 12.5. The number of methoxy groups -OCH3 is 3. The van der Waals surface area contributed by atoms with Gasteiger partial charge < -0.3 is 19.2 Å². The molecule has 0 amide bonds. The van der Waals surface area contributed by atoms with Gasteiger partial charge in [-0.1, -0.05) is 0 Å². The fourth-order valence-electron chi connectivity index (χ4n) is 2.83. The van der Waals surface area contributed by atoms with Gasteiger partial charge in [-0.05, 0) is 48.0 Å². The van der Waals surface area contributed by atoms with Crippen LogP contribution in [-0.4, -0.2) is 26.3 Å². The Bertz CT molecular complexity index is 1060. The van der Waals surface area contributed by atoms with E-state index in [1.54, 1.807) is 50.6 Å². The molecule has 0 aliphatic rings. The average molecular weight is 362 g/mol. The lowest BCUT2D eigenvalue weighted by Gasteiger charge is -2.13. The maximum absolute atomic E-state index is 12.5. The Morgan fingerprint density at radius 1 is 0.852 bits per heavy atom. The van der Waals surface area contributed by atoms with Gasteiger partial charge in [-0.15, -0.1) is 0 Å². The normalized spacial score (nSPS) is 10.1. The smallest absolute Gasteiger partial charge is 0.266 e. The van der Waals surface area contributed by atoms with E-state index >= 15 is 0 Å². The number of ether oxygens (including phenoxy) is 3. The molecule has 0 fully saturated rings. The molecule has 0 aliphatic carbocycles. The van der Waals surface area contributed by atoms with E-state index in [1.165, 1.54) is 7.11 Å². The van der Waals surface area contributed by atoms with Crippen molar-refractivity contribution >= 4 is 0 Å². The van der Waals surface area contributed by atoms with Crippen LogP contribution >= 0.6 is 0 Å². The van der Waals surface area contributed by atoms with E-state index in [-0.39, 0.29) is 5.56 Å². The van der Waals surface area contributed by atoms with Crippen LogP contribution in [0.25, 0.3) is 22.4 Å². The van der Waals surface area contributed by atoms with Gasteiger partial charge >= 0.3 is 0 Å². The minimum atomic E-state index is -0.460. The van der Waals surface area contributed by atoms with Crippen LogP contribution in [0, 0.1) is 11.3 Å². The quantitative estimate of drug-likeness (QED) is 0.749. The molecule has 6 nitrogen and oxygen atoms in total. The molecule has 0 atom stereocenters. The van der Waals surface area contributed by atoms with Gasteiger partial charge in [0.25, 0.3) is 5.56 Å². The molecule has 0 saturated heterocycles. The van der Waals surface area contributed by atoms with Crippen LogP contribution in [0.3, 0.4) is 0 Å². The molecule has 3 rings (SSSR count). The minimum absolute atomic E-state index is 0.0238. The third kappa shape index (κ3) is 3.48. The van der Waals surface area contributed by atoms with Crippen molar-refractivity contribution in [2.45, 2.75) is 0 Å². The first-order valence-corrected chi connectivity index (χ1v) is 8.15. The number of benzene rings is 2. The Kier molecular flexibility index (Phi) is 5.13. The average Bonchev–Trinajstić information content (AvgIpc) is 2.72. The number of H-pyrrole nitrogens is 1. The Morgan fingerprint density at radius 3 is 2.11 bits per heavy atom. The second kappa shape index (κ2) is 7.67. The summed E-state index contributed by atoms with van der Waals surface area (Å²) in [6.45, 7) is 0. The summed E-state index contributed by atoms with van der Waals surface area (Å²) >= 11 is 0. The van der Waals surface area contributed by atoms with Gasteiger partial charge in [-0.2, -0.15) is 5.26 Å². The van der Waals surface area contributed by atoms with Crippen molar-refractivity contribution in [3.05, 3.63) is 64.4 Å². The second-order valence-corrected chi connectivity index (χ2v) is 5.71. The number of aromatic nitrogens is 1. The summed E-state index contributed by atoms with van der Waals surface area (Å²) in [6, 6.07) is 16.3. The number of nitrogens with zero attached hydrogens (tertiary/aromatic N) is 1. The number of hydrogen-bond donors (Lipinski definition) is 1. The number of rotatable bonds is 5. The molecule has 3 aromatic rings. The summed E-state index contributed by atoms with van der Waals surface area (Å²) < 4.78 is 15.8. The molecule has 0 bridgehead atoms. The number of pyridine rings is 1. The van der Waals surface area contributed by atoms with Crippen LogP contribution in [0.5, 0.6) is 17.2 Å². The molecule has 1 heterocycles. The van der Waals surface area contributed by atoms with Crippen molar-refractivity contribution < 1.29 is 14.2 Å². The molecule has 1 N–H and O–H groups in total. The third-order valence-electron chi connectivity index (χ3n) is 4.24. The van der Waals surface area contributed by atoms with Crippen molar-refractivity contribution in [3.63, 3.8) is 0 Å². The van der Waals surface area contributed by atoms with Gasteiger partial charge in [0.1, 0.15) is 28.9 Å². The fourth-order valence-corrected chi connectivity index (χ4v) is 2.83. The van der Waals surface area contributed by atoms with Gasteiger partial charge in [-0.3, -0.25) is 4.79 Å². The Balaban J connectivity index is 2.22. The van der Waals surface area contributed by atoms with E-state index in [2.05, 4.69) is 4.98 Å². The van der Waals surface area contributed by atoms with Crippen LogP contribution in [-0.2, 0) is 0 Å². The number of nitrogens with one attached hydrogen (secondary N) is 1. The molecule has 136 valence electrons. The van der Waals surface area contributed by atoms with Crippen LogP contribution in [0.4, 0.5) is 0 Å². The Morgan fingerprint density at radius 2 is 1.52 bits per heavy atom. The molecular weight excluding hydrogens is 344 g/mol. The van der Waals surface area contributed by atoms with E-state index in [0.29, 0.717) is 34.1 Å². The number of hydrogen-bond acceptors (Lipinski definition) is 5. The van der Waals surface area contributed by atoms with E-state index in [9.17, 15) is 10.1 Å². The summed E-state index contributed by atoms with van der Waals surface area (Å²) in [6.07, 6.45) is 0. The third-order valence-corrected chi connectivity index (χ3v) is 4.24. The highest BCUT2D eigenvalue weighted by Gasteiger charge is 2.16. The molecule has 0 spiro atoms. The highest BCUT2D eigenvalue weighted by atomic mass is 16.5. The predicted octanol–water partition coefficient (Wildman–Crippen LogP) is 3.61. The Labute approximate surface area is 156 Å². The van der Waals surface area contributed by atoms with Crippen LogP contribution in [0.1, 0.15) is 5.56 Å². The number of aromatic amines is 1. The van der Waals surface area contributed by atoms with Crippen molar-refractivity contribution in [2.75, 3.05) is 21.3 Å². The summed E-state index contributed by atoms with van der Waals surface area (Å²) in [5.41, 5.74) is 2.08. The second-order valence-electron chi connectivity index (χ2n) is 5.71. The summed E-state index contributed by atoms with van der Waals surface area (Å²) in [4.78, 5) is 15.3. The molecule has 1 aromatic heterocycles. The summed E-state index contributed by atoms with van der Waals surface area (Å²) in [7, 11) is 4.68. The van der Waals surface area contributed by atoms with Crippen molar-refractivity contribution in [3.8, 4) is 45.7 Å². The summed E-state index contributed by atoms with van der Waals surface area (Å²) in [5.74, 6) is 1.85. The molecule has 0 radical (unpaired) electrons. The summed E-state index contributed by atoms with van der Waals surface area (Å²) in [5, 5.41) is 9.50. The number of nitriles is 1. The van der Waals surface area contributed by atoms with E-state index < -0.39 is 5.56 Å². The van der Waals surface area contributed by atoms with E-state index in [0.717, 1.165) is 5.56 Å². The lowest BCUT2D eigenvalue weighted by Crippen LogP contribution is -2.13.